The molecule has 2 atom stereocenters. The monoisotopic (exact) mass is 485 g/mol. The Morgan fingerprint density at radius 3 is 2.46 bits per heavy atom. The molecule has 0 bridgehead atoms. The molecule has 2 unspecified atom stereocenters. The van der Waals surface area contributed by atoms with Gasteiger partial charge in [-0.15, -0.1) is 0 Å². The van der Waals surface area contributed by atoms with Crippen LogP contribution in [-0.2, 0) is 20.7 Å². The number of esters is 1. The van der Waals surface area contributed by atoms with Gasteiger partial charge in [-0.1, -0.05) is 60.1 Å². The topological polar surface area (TPSA) is 89.5 Å². The van der Waals surface area contributed by atoms with E-state index in [-0.39, 0.29) is 29.1 Å². The van der Waals surface area contributed by atoms with E-state index < -0.39 is 17.9 Å². The van der Waals surface area contributed by atoms with Crippen LogP contribution in [0.2, 0.25) is 5.15 Å². The van der Waals surface area contributed by atoms with Crippen LogP contribution in [0.1, 0.15) is 27.5 Å². The van der Waals surface area contributed by atoms with E-state index in [0.717, 1.165) is 10.9 Å². The van der Waals surface area contributed by atoms with Gasteiger partial charge in [0, 0.05) is 17.4 Å². The number of hydrogen-bond acceptors (Lipinski definition) is 6. The van der Waals surface area contributed by atoms with Crippen molar-refractivity contribution in [2.75, 3.05) is 12.0 Å². The molecule has 174 valence electrons. The van der Waals surface area contributed by atoms with Crippen molar-refractivity contribution in [1.29, 1.82) is 0 Å². The van der Waals surface area contributed by atoms with Crippen LogP contribution in [-0.4, -0.2) is 34.7 Å². The number of carbonyl (C=O) groups is 3. The van der Waals surface area contributed by atoms with Gasteiger partial charge in [0.25, 0.3) is 5.91 Å². The van der Waals surface area contributed by atoms with Crippen LogP contribution < -0.4 is 4.90 Å². The maximum atomic E-state index is 13.6. The first-order valence-electron chi connectivity index (χ1n) is 11.0. The second-order valence-electron chi connectivity index (χ2n) is 8.19. The number of benzene rings is 2. The predicted octanol–water partition coefficient (Wildman–Crippen LogP) is 4.59. The number of anilines is 1. The number of Topliss-reactive ketones (excluding diaryl/α,β-unsaturated/α-hetero) is 1. The van der Waals surface area contributed by atoms with Crippen molar-refractivity contribution >= 4 is 46.1 Å². The van der Waals surface area contributed by atoms with Gasteiger partial charge in [-0.3, -0.25) is 19.3 Å². The summed E-state index contributed by atoms with van der Waals surface area (Å²) < 4.78 is 5.06. The second kappa shape index (κ2) is 9.27. The van der Waals surface area contributed by atoms with Gasteiger partial charge in [-0.05, 0) is 41.5 Å². The number of carbonyl (C=O) groups excluding carboxylic acids is 3. The SMILES string of the molecule is COC(=O)C(C(=O)Cc1ccccc1)C1c2ccccc2C(=O)N1c1ccc2ccc(Cl)nc2n1. The predicted molar refractivity (Wildman–Crippen MR) is 131 cm³/mol. The number of fused-ring (bicyclic) bond motifs is 2. The van der Waals surface area contributed by atoms with Gasteiger partial charge < -0.3 is 4.74 Å². The largest absolute Gasteiger partial charge is 0.468 e. The zero-order chi connectivity index (χ0) is 24.5. The molecule has 0 fully saturated rings. The molecule has 0 aliphatic carbocycles. The van der Waals surface area contributed by atoms with Crippen molar-refractivity contribution in [2.24, 2.45) is 5.92 Å². The summed E-state index contributed by atoms with van der Waals surface area (Å²) in [6.45, 7) is 0. The maximum absolute atomic E-state index is 13.6. The van der Waals surface area contributed by atoms with Gasteiger partial charge in [-0.25, -0.2) is 9.97 Å². The Morgan fingerprint density at radius 1 is 0.971 bits per heavy atom. The Hall–Kier alpha value is -4.10. The van der Waals surface area contributed by atoms with E-state index in [2.05, 4.69) is 9.97 Å². The minimum absolute atomic E-state index is 0.0175. The van der Waals surface area contributed by atoms with Crippen molar-refractivity contribution in [3.05, 3.63) is 101 Å². The fourth-order valence-electron chi connectivity index (χ4n) is 4.49. The highest BCUT2D eigenvalue weighted by Gasteiger charge is 2.48. The number of amides is 1. The molecule has 1 amide bonds. The van der Waals surface area contributed by atoms with Gasteiger partial charge in [-0.2, -0.15) is 0 Å². The summed E-state index contributed by atoms with van der Waals surface area (Å²) in [6.07, 6.45) is 0.0175. The lowest BCUT2D eigenvalue weighted by Gasteiger charge is -2.29. The third-order valence-electron chi connectivity index (χ3n) is 6.10. The van der Waals surface area contributed by atoms with E-state index in [9.17, 15) is 14.4 Å². The molecule has 5 rings (SSSR count). The Bertz CT molecular complexity index is 1460. The fourth-order valence-corrected chi connectivity index (χ4v) is 4.63. The number of halogens is 1. The van der Waals surface area contributed by atoms with Gasteiger partial charge in [0.2, 0.25) is 0 Å². The summed E-state index contributed by atoms with van der Waals surface area (Å²) in [6, 6.07) is 22.0. The van der Waals surface area contributed by atoms with Crippen molar-refractivity contribution in [3.63, 3.8) is 0 Å². The molecule has 3 heterocycles. The highest BCUT2D eigenvalue weighted by atomic mass is 35.5. The van der Waals surface area contributed by atoms with Gasteiger partial charge >= 0.3 is 5.97 Å². The lowest BCUT2D eigenvalue weighted by Crippen LogP contribution is -2.41. The number of rotatable bonds is 6. The summed E-state index contributed by atoms with van der Waals surface area (Å²) in [5, 5.41) is 1.00. The lowest BCUT2D eigenvalue weighted by molar-refractivity contribution is -0.150. The third-order valence-corrected chi connectivity index (χ3v) is 6.31. The van der Waals surface area contributed by atoms with Crippen LogP contribution in [0.15, 0.2) is 78.9 Å². The Kier molecular flexibility index (Phi) is 6.01. The summed E-state index contributed by atoms with van der Waals surface area (Å²) in [5.74, 6) is -2.42. The molecule has 2 aromatic heterocycles. The molecule has 0 radical (unpaired) electrons. The van der Waals surface area contributed by atoms with Gasteiger partial charge in [0.15, 0.2) is 11.4 Å². The Balaban J connectivity index is 1.64. The zero-order valence-electron chi connectivity index (χ0n) is 18.7. The van der Waals surface area contributed by atoms with Crippen molar-refractivity contribution in [3.8, 4) is 0 Å². The van der Waals surface area contributed by atoms with E-state index in [1.54, 1.807) is 48.5 Å². The third kappa shape index (κ3) is 4.15. The molecule has 0 saturated carbocycles. The standard InChI is InChI=1S/C27H20ClN3O4/c1-35-27(34)23(20(32)15-16-7-3-2-4-8-16)24-18-9-5-6-10-19(18)26(33)31(24)22-14-12-17-11-13-21(28)29-25(17)30-22/h2-14,23-24H,15H2,1H3. The molecule has 1 aliphatic rings. The summed E-state index contributed by atoms with van der Waals surface area (Å²) in [7, 11) is 1.23. The van der Waals surface area contributed by atoms with Crippen molar-refractivity contribution < 1.29 is 19.1 Å². The van der Waals surface area contributed by atoms with Crippen molar-refractivity contribution in [2.45, 2.75) is 12.5 Å². The van der Waals surface area contributed by atoms with Crippen LogP contribution in [0.3, 0.4) is 0 Å². The number of pyridine rings is 2. The highest BCUT2D eigenvalue weighted by Crippen LogP contribution is 2.42. The minimum atomic E-state index is -1.25. The average Bonchev–Trinajstić information content (AvgIpc) is 3.16. The smallest absolute Gasteiger partial charge is 0.318 e. The van der Waals surface area contributed by atoms with E-state index in [0.29, 0.717) is 16.8 Å². The lowest BCUT2D eigenvalue weighted by atomic mass is 9.86. The molecular formula is C27H20ClN3O4. The van der Waals surface area contributed by atoms with E-state index in [1.165, 1.54) is 12.0 Å². The number of ether oxygens (including phenoxy) is 1. The molecule has 0 saturated heterocycles. The average molecular weight is 486 g/mol. The summed E-state index contributed by atoms with van der Waals surface area (Å²) in [5.41, 5.74) is 2.08. The summed E-state index contributed by atoms with van der Waals surface area (Å²) >= 11 is 6.05. The van der Waals surface area contributed by atoms with Gasteiger partial charge in [0.05, 0.1) is 13.2 Å². The first kappa shape index (κ1) is 22.7. The van der Waals surface area contributed by atoms with E-state index in [4.69, 9.17) is 16.3 Å². The second-order valence-corrected chi connectivity index (χ2v) is 8.57. The molecule has 1 aliphatic heterocycles. The summed E-state index contributed by atoms with van der Waals surface area (Å²) in [4.78, 5) is 50.4. The number of ketones is 1. The number of nitrogens with zero attached hydrogens (tertiary/aromatic N) is 3. The first-order valence-corrected chi connectivity index (χ1v) is 11.4. The maximum Gasteiger partial charge on any atom is 0.318 e. The Morgan fingerprint density at radius 2 is 1.69 bits per heavy atom. The molecule has 8 heteroatoms. The molecule has 2 aromatic carbocycles. The molecule has 0 N–H and O–H groups in total. The van der Waals surface area contributed by atoms with Gasteiger partial charge in [0.1, 0.15) is 16.9 Å². The van der Waals surface area contributed by atoms with Crippen LogP contribution in [0, 0.1) is 5.92 Å². The van der Waals surface area contributed by atoms with Crippen LogP contribution >= 0.6 is 11.6 Å². The molecule has 4 aromatic rings. The van der Waals surface area contributed by atoms with Crippen LogP contribution in [0.4, 0.5) is 5.82 Å². The molecule has 0 spiro atoms. The minimum Gasteiger partial charge on any atom is -0.468 e. The van der Waals surface area contributed by atoms with Crippen LogP contribution in [0.25, 0.3) is 11.0 Å². The molecular weight excluding hydrogens is 466 g/mol. The van der Waals surface area contributed by atoms with E-state index in [1.807, 2.05) is 30.3 Å². The fraction of sp³-hybridized carbons (Fsp3) is 0.148. The zero-order valence-corrected chi connectivity index (χ0v) is 19.5. The number of hydrogen-bond donors (Lipinski definition) is 0. The molecule has 7 nitrogen and oxygen atoms in total. The van der Waals surface area contributed by atoms with Crippen molar-refractivity contribution in [1.82, 2.24) is 9.97 Å². The first-order chi connectivity index (χ1) is 17.0. The molecule has 35 heavy (non-hydrogen) atoms. The number of aromatic nitrogens is 2. The Labute approximate surface area is 206 Å². The normalized spacial score (nSPS) is 15.7. The number of methoxy groups -OCH3 is 1. The quantitative estimate of drug-likeness (QED) is 0.225. The van der Waals surface area contributed by atoms with Crippen LogP contribution in [0.5, 0.6) is 0 Å². The highest BCUT2D eigenvalue weighted by molar-refractivity contribution is 6.29. The van der Waals surface area contributed by atoms with E-state index >= 15 is 0 Å².